The van der Waals surface area contributed by atoms with Gasteiger partial charge >= 0.3 is 11.8 Å². The van der Waals surface area contributed by atoms with Crippen LogP contribution in [0.15, 0.2) is 53.3 Å². The Bertz CT molecular complexity index is 1730. The lowest BCUT2D eigenvalue weighted by molar-refractivity contribution is 0.0901. The van der Waals surface area contributed by atoms with Gasteiger partial charge in [0, 0.05) is 42.5 Å². The number of nitrogens with one attached hydrogen (secondary N) is 3. The van der Waals surface area contributed by atoms with Gasteiger partial charge in [0.2, 0.25) is 5.89 Å². The number of carbonyl (C=O) groups is 1. The molecule has 5 aromatic rings. The summed E-state index contributed by atoms with van der Waals surface area (Å²) in [6, 6.07) is 12.1. The van der Waals surface area contributed by atoms with Crippen LogP contribution in [0.25, 0.3) is 33.7 Å². The third kappa shape index (κ3) is 5.47. The van der Waals surface area contributed by atoms with Crippen LogP contribution in [0.2, 0.25) is 0 Å². The van der Waals surface area contributed by atoms with Crippen molar-refractivity contribution in [1.29, 1.82) is 0 Å². The summed E-state index contributed by atoms with van der Waals surface area (Å²) < 4.78 is 5.60. The Labute approximate surface area is 244 Å². The largest absolute Gasteiger partial charge is 0.416 e. The van der Waals surface area contributed by atoms with E-state index < -0.39 is 5.91 Å². The minimum Gasteiger partial charge on any atom is -0.416 e. The highest BCUT2D eigenvalue weighted by Crippen LogP contribution is 2.32. The van der Waals surface area contributed by atoms with Crippen LogP contribution in [0.4, 0.5) is 5.69 Å². The average Bonchev–Trinajstić information content (AvgIpc) is 3.66. The number of amides is 1. The smallest absolute Gasteiger partial charge is 0.309 e. The zero-order chi connectivity index (χ0) is 29.4. The van der Waals surface area contributed by atoms with Crippen molar-refractivity contribution in [3.63, 3.8) is 0 Å². The highest BCUT2D eigenvalue weighted by Gasteiger charge is 2.25. The molecular weight excluding hydrogens is 530 g/mol. The molecule has 3 N–H and O–H groups in total. The Morgan fingerprint density at radius 3 is 2.55 bits per heavy atom. The normalized spacial score (nSPS) is 14.7. The van der Waals surface area contributed by atoms with Gasteiger partial charge in [0.25, 0.3) is 0 Å². The van der Waals surface area contributed by atoms with Crippen LogP contribution < -0.4 is 15.5 Å². The van der Waals surface area contributed by atoms with Crippen LogP contribution in [0, 0.1) is 6.92 Å². The fourth-order valence-corrected chi connectivity index (χ4v) is 5.23. The van der Waals surface area contributed by atoms with Gasteiger partial charge in [-0.25, -0.2) is 9.97 Å². The number of H-pyrrole nitrogens is 1. The predicted molar refractivity (Wildman–Crippen MR) is 161 cm³/mol. The standard InChI is InChI=1S/C31H35N9O2/c1-18-14-20(6-8-22(18)19(2)36-28(41)29-38-39-30(42-29)31(3,4)5)26-23-15-25(37-27(23)35-17-34-26)24-9-7-21(16-33-24)40-12-10-32-11-13-40/h6-9,14-17,19,32H,10-13H2,1-5H3,(H,36,41)(H,34,35,37)/t19-/m1/s1. The number of carbonyl (C=O) groups excluding carboxylic acids is 1. The van der Waals surface area contributed by atoms with Crippen LogP contribution in [-0.4, -0.2) is 62.2 Å². The maximum absolute atomic E-state index is 12.8. The van der Waals surface area contributed by atoms with Gasteiger partial charge in [0.15, 0.2) is 0 Å². The van der Waals surface area contributed by atoms with E-state index in [-0.39, 0.29) is 17.3 Å². The van der Waals surface area contributed by atoms with E-state index in [1.54, 1.807) is 6.33 Å². The van der Waals surface area contributed by atoms with Crippen LogP contribution in [0.5, 0.6) is 0 Å². The van der Waals surface area contributed by atoms with Gasteiger partial charge in [-0.05, 0) is 49.2 Å². The first kappa shape index (κ1) is 27.5. The number of benzene rings is 1. The molecule has 216 valence electrons. The van der Waals surface area contributed by atoms with Crippen molar-refractivity contribution in [2.75, 3.05) is 31.1 Å². The molecule has 0 saturated carbocycles. The number of rotatable bonds is 6. The van der Waals surface area contributed by atoms with E-state index in [0.717, 1.165) is 76.7 Å². The molecule has 1 aliphatic rings. The number of hydrogen-bond donors (Lipinski definition) is 3. The first-order chi connectivity index (χ1) is 20.2. The Hall–Kier alpha value is -4.64. The van der Waals surface area contributed by atoms with Crippen molar-refractivity contribution in [3.8, 4) is 22.6 Å². The number of aromatic nitrogens is 6. The summed E-state index contributed by atoms with van der Waals surface area (Å²) in [4.78, 5) is 32.4. The van der Waals surface area contributed by atoms with Gasteiger partial charge in [-0.1, -0.05) is 32.9 Å². The number of aromatic amines is 1. The molecule has 42 heavy (non-hydrogen) atoms. The van der Waals surface area contributed by atoms with Gasteiger partial charge in [-0.15, -0.1) is 10.2 Å². The van der Waals surface area contributed by atoms with Crippen molar-refractivity contribution in [2.45, 2.75) is 46.1 Å². The minimum atomic E-state index is -0.402. The molecule has 0 radical (unpaired) electrons. The molecule has 1 atom stereocenters. The van der Waals surface area contributed by atoms with Gasteiger partial charge in [-0.2, -0.15) is 0 Å². The van der Waals surface area contributed by atoms with Crippen molar-refractivity contribution < 1.29 is 9.21 Å². The Morgan fingerprint density at radius 1 is 1.05 bits per heavy atom. The molecule has 4 aromatic heterocycles. The van der Waals surface area contributed by atoms with E-state index in [4.69, 9.17) is 9.40 Å². The Kier molecular flexibility index (Phi) is 7.19. The second-order valence-electron chi connectivity index (χ2n) is 11.7. The summed E-state index contributed by atoms with van der Waals surface area (Å²) >= 11 is 0. The van der Waals surface area contributed by atoms with Crippen LogP contribution in [-0.2, 0) is 5.41 Å². The molecule has 1 fully saturated rings. The summed E-state index contributed by atoms with van der Waals surface area (Å²) in [7, 11) is 0. The number of aryl methyl sites for hydroxylation is 1. The predicted octanol–water partition coefficient (Wildman–Crippen LogP) is 4.58. The molecule has 1 aromatic carbocycles. The quantitative estimate of drug-likeness (QED) is 0.270. The van der Waals surface area contributed by atoms with Crippen molar-refractivity contribution >= 4 is 22.6 Å². The van der Waals surface area contributed by atoms with E-state index in [2.05, 4.69) is 58.9 Å². The minimum absolute atomic E-state index is 0.0411. The fraction of sp³-hybridized carbons (Fsp3) is 0.355. The number of hydrogen-bond acceptors (Lipinski definition) is 9. The molecule has 1 saturated heterocycles. The van der Waals surface area contributed by atoms with Crippen molar-refractivity contribution in [1.82, 2.24) is 40.8 Å². The molecule has 0 unspecified atom stereocenters. The molecule has 0 aliphatic carbocycles. The van der Waals surface area contributed by atoms with Gasteiger partial charge in [-0.3, -0.25) is 9.78 Å². The molecule has 0 bridgehead atoms. The van der Waals surface area contributed by atoms with E-state index in [0.29, 0.717) is 5.89 Å². The lowest BCUT2D eigenvalue weighted by Crippen LogP contribution is -2.43. The SMILES string of the molecule is Cc1cc(-c2ncnc3[nH]c(-c4ccc(N5CCNCC5)cn4)cc23)ccc1[C@@H](C)NC(=O)c1nnc(C(C)(C)C)o1. The zero-order valence-electron chi connectivity index (χ0n) is 24.5. The number of piperazine rings is 1. The van der Waals surface area contributed by atoms with Crippen molar-refractivity contribution in [2.24, 2.45) is 0 Å². The second-order valence-corrected chi connectivity index (χ2v) is 11.7. The highest BCUT2D eigenvalue weighted by atomic mass is 16.4. The number of pyridine rings is 1. The Balaban J connectivity index is 1.21. The van der Waals surface area contributed by atoms with Gasteiger partial charge in [0.1, 0.15) is 12.0 Å². The van der Waals surface area contributed by atoms with Crippen LogP contribution in [0.3, 0.4) is 0 Å². The number of nitrogens with zero attached hydrogens (tertiary/aromatic N) is 6. The highest BCUT2D eigenvalue weighted by molar-refractivity contribution is 5.94. The molecule has 0 spiro atoms. The average molecular weight is 566 g/mol. The van der Waals surface area contributed by atoms with Crippen molar-refractivity contribution in [3.05, 3.63) is 71.8 Å². The summed E-state index contributed by atoms with van der Waals surface area (Å²) in [5.74, 6) is -0.0190. The van der Waals surface area contributed by atoms with E-state index in [1.165, 1.54) is 0 Å². The second kappa shape index (κ2) is 11.0. The monoisotopic (exact) mass is 565 g/mol. The maximum atomic E-state index is 12.8. The summed E-state index contributed by atoms with van der Waals surface area (Å²) in [5, 5.41) is 15.2. The Morgan fingerprint density at radius 2 is 1.86 bits per heavy atom. The number of anilines is 1. The topological polar surface area (TPSA) is 138 Å². The van der Waals surface area contributed by atoms with Crippen LogP contribution >= 0.6 is 0 Å². The maximum Gasteiger partial charge on any atom is 0.309 e. The third-order valence-corrected chi connectivity index (χ3v) is 7.55. The fourth-order valence-electron chi connectivity index (χ4n) is 5.23. The third-order valence-electron chi connectivity index (χ3n) is 7.55. The molecule has 11 nitrogen and oxygen atoms in total. The van der Waals surface area contributed by atoms with E-state index >= 15 is 0 Å². The molecule has 1 amide bonds. The first-order valence-electron chi connectivity index (χ1n) is 14.2. The molecular formula is C31H35N9O2. The van der Waals surface area contributed by atoms with Gasteiger partial charge < -0.3 is 24.9 Å². The summed E-state index contributed by atoms with van der Waals surface area (Å²) in [5.41, 5.74) is 7.08. The first-order valence-corrected chi connectivity index (χ1v) is 14.2. The van der Waals surface area contributed by atoms with Crippen LogP contribution in [0.1, 0.15) is 61.4 Å². The lowest BCUT2D eigenvalue weighted by Gasteiger charge is -2.29. The lowest BCUT2D eigenvalue weighted by atomic mass is 9.97. The number of fused-ring (bicyclic) bond motifs is 1. The molecule has 6 rings (SSSR count). The molecule has 1 aliphatic heterocycles. The summed E-state index contributed by atoms with van der Waals surface area (Å²) in [6.45, 7) is 13.8. The molecule has 11 heteroatoms. The van der Waals surface area contributed by atoms with Gasteiger partial charge in [0.05, 0.1) is 35.0 Å². The van der Waals surface area contributed by atoms with E-state index in [9.17, 15) is 4.79 Å². The molecule has 5 heterocycles. The van der Waals surface area contributed by atoms with E-state index in [1.807, 2.05) is 59.0 Å². The zero-order valence-corrected chi connectivity index (χ0v) is 24.5. The summed E-state index contributed by atoms with van der Waals surface area (Å²) in [6.07, 6.45) is 3.50.